The average molecular weight is 369 g/mol. The lowest BCUT2D eigenvalue weighted by Crippen LogP contribution is -2.26. The number of aryl methyl sites for hydroxylation is 3. The molecule has 2 heterocycles. The van der Waals surface area contributed by atoms with Crippen LogP contribution in [0.1, 0.15) is 47.0 Å². The SMILES string of the molecule is Cc1cc(C(F)(F)F)ccc1C1SC(C)(C)CNc2c1c(C)nn2C. The molecule has 0 aliphatic carbocycles. The van der Waals surface area contributed by atoms with Crippen LogP contribution in [0.3, 0.4) is 0 Å². The van der Waals surface area contributed by atoms with Crippen molar-refractivity contribution in [2.24, 2.45) is 7.05 Å². The van der Waals surface area contributed by atoms with Gasteiger partial charge in [-0.1, -0.05) is 6.07 Å². The first-order valence-electron chi connectivity index (χ1n) is 8.12. The molecule has 0 amide bonds. The molecule has 1 aliphatic heterocycles. The lowest BCUT2D eigenvalue weighted by atomic mass is 9.97. The van der Waals surface area contributed by atoms with E-state index < -0.39 is 11.7 Å². The molecule has 3 rings (SSSR count). The third-order valence-corrected chi connectivity index (χ3v) is 6.04. The van der Waals surface area contributed by atoms with Crippen molar-refractivity contribution in [3.63, 3.8) is 0 Å². The summed E-state index contributed by atoms with van der Waals surface area (Å²) in [6.07, 6.45) is -4.32. The monoisotopic (exact) mass is 369 g/mol. The van der Waals surface area contributed by atoms with Crippen molar-refractivity contribution in [1.82, 2.24) is 9.78 Å². The van der Waals surface area contributed by atoms with E-state index in [2.05, 4.69) is 24.3 Å². The maximum absolute atomic E-state index is 13.0. The molecule has 1 aliphatic rings. The van der Waals surface area contributed by atoms with Gasteiger partial charge in [0.25, 0.3) is 0 Å². The van der Waals surface area contributed by atoms with Gasteiger partial charge in [-0.3, -0.25) is 4.68 Å². The van der Waals surface area contributed by atoms with Gasteiger partial charge in [0.2, 0.25) is 0 Å². The molecule has 136 valence electrons. The number of nitrogens with zero attached hydrogens (tertiary/aromatic N) is 2. The number of benzene rings is 1. The summed E-state index contributed by atoms with van der Waals surface area (Å²) in [5.74, 6) is 0.944. The number of aromatic nitrogens is 2. The van der Waals surface area contributed by atoms with Crippen molar-refractivity contribution in [3.05, 3.63) is 46.1 Å². The molecule has 0 saturated carbocycles. The number of hydrogen-bond acceptors (Lipinski definition) is 3. The van der Waals surface area contributed by atoms with Gasteiger partial charge in [0, 0.05) is 23.9 Å². The van der Waals surface area contributed by atoms with Crippen LogP contribution in [0.4, 0.5) is 19.0 Å². The van der Waals surface area contributed by atoms with Crippen LogP contribution in [0.5, 0.6) is 0 Å². The first kappa shape index (κ1) is 18.2. The summed E-state index contributed by atoms with van der Waals surface area (Å²) in [5, 5.41) is 7.90. The number of nitrogens with one attached hydrogen (secondary N) is 1. The lowest BCUT2D eigenvalue weighted by Gasteiger charge is -2.27. The van der Waals surface area contributed by atoms with E-state index in [-0.39, 0.29) is 10.00 Å². The summed E-state index contributed by atoms with van der Waals surface area (Å²) in [5.41, 5.74) is 2.92. The van der Waals surface area contributed by atoms with E-state index in [0.29, 0.717) is 5.56 Å². The Labute approximate surface area is 150 Å². The van der Waals surface area contributed by atoms with E-state index in [4.69, 9.17) is 0 Å². The Morgan fingerprint density at radius 1 is 1.28 bits per heavy atom. The molecule has 1 N–H and O–H groups in total. The van der Waals surface area contributed by atoms with Crippen molar-refractivity contribution in [3.8, 4) is 0 Å². The number of halogens is 3. The molecule has 1 aromatic heterocycles. The van der Waals surface area contributed by atoms with E-state index in [1.165, 1.54) is 12.1 Å². The second-order valence-corrected chi connectivity index (χ2v) is 8.96. The Morgan fingerprint density at radius 3 is 2.56 bits per heavy atom. The minimum atomic E-state index is -4.32. The third-order valence-electron chi connectivity index (χ3n) is 4.53. The molecule has 0 fully saturated rings. The highest BCUT2D eigenvalue weighted by Crippen LogP contribution is 2.50. The van der Waals surface area contributed by atoms with Crippen molar-refractivity contribution in [1.29, 1.82) is 0 Å². The van der Waals surface area contributed by atoms with Crippen LogP contribution in [0.2, 0.25) is 0 Å². The van der Waals surface area contributed by atoms with Gasteiger partial charge in [-0.25, -0.2) is 0 Å². The number of anilines is 1. The molecule has 7 heteroatoms. The predicted octanol–water partition coefficient (Wildman–Crippen LogP) is 5.08. The van der Waals surface area contributed by atoms with Gasteiger partial charge in [0.05, 0.1) is 16.5 Å². The van der Waals surface area contributed by atoms with Crippen molar-refractivity contribution < 1.29 is 13.2 Å². The Hall–Kier alpha value is -1.63. The number of alkyl halides is 3. The quantitative estimate of drug-likeness (QED) is 0.760. The van der Waals surface area contributed by atoms with Gasteiger partial charge in [0.15, 0.2) is 0 Å². The summed E-state index contributed by atoms with van der Waals surface area (Å²) in [6, 6.07) is 4.04. The molecule has 0 bridgehead atoms. The summed E-state index contributed by atoms with van der Waals surface area (Å²) in [4.78, 5) is 0. The molecule has 1 aromatic carbocycles. The summed E-state index contributed by atoms with van der Waals surface area (Å²) < 4.78 is 40.8. The van der Waals surface area contributed by atoms with E-state index in [1.54, 1.807) is 24.8 Å². The molecule has 0 saturated heterocycles. The predicted molar refractivity (Wildman–Crippen MR) is 96.1 cm³/mol. The molecule has 1 unspecified atom stereocenters. The smallest absolute Gasteiger partial charge is 0.369 e. The molecule has 2 aromatic rings. The average Bonchev–Trinajstić information content (AvgIpc) is 2.66. The van der Waals surface area contributed by atoms with E-state index in [0.717, 1.165) is 29.2 Å². The summed E-state index contributed by atoms with van der Waals surface area (Å²) >= 11 is 1.76. The number of hydrogen-bond donors (Lipinski definition) is 1. The Kier molecular flexibility index (Phi) is 4.34. The zero-order chi connectivity index (χ0) is 18.6. The third kappa shape index (κ3) is 3.38. The zero-order valence-corrected chi connectivity index (χ0v) is 15.8. The number of thioether (sulfide) groups is 1. The van der Waals surface area contributed by atoms with Gasteiger partial charge in [0.1, 0.15) is 5.82 Å². The van der Waals surface area contributed by atoms with E-state index in [1.807, 2.05) is 18.7 Å². The maximum atomic E-state index is 13.0. The Morgan fingerprint density at radius 2 is 1.96 bits per heavy atom. The summed E-state index contributed by atoms with van der Waals surface area (Å²) in [7, 11) is 1.89. The zero-order valence-electron chi connectivity index (χ0n) is 15.0. The van der Waals surface area contributed by atoms with Crippen LogP contribution >= 0.6 is 11.8 Å². The van der Waals surface area contributed by atoms with Crippen LogP contribution < -0.4 is 5.32 Å². The summed E-state index contributed by atoms with van der Waals surface area (Å²) in [6.45, 7) is 8.75. The Bertz CT molecular complexity index is 809. The fourth-order valence-electron chi connectivity index (χ4n) is 3.28. The van der Waals surface area contributed by atoms with Crippen molar-refractivity contribution in [2.75, 3.05) is 11.9 Å². The second kappa shape index (κ2) is 5.97. The topological polar surface area (TPSA) is 29.9 Å². The first-order valence-corrected chi connectivity index (χ1v) is 9.00. The maximum Gasteiger partial charge on any atom is 0.416 e. The molecular weight excluding hydrogens is 347 g/mol. The lowest BCUT2D eigenvalue weighted by molar-refractivity contribution is -0.137. The molecule has 25 heavy (non-hydrogen) atoms. The van der Waals surface area contributed by atoms with Crippen molar-refractivity contribution in [2.45, 2.75) is 43.9 Å². The standard InChI is InChI=1S/C18H22F3N3S/c1-10-8-12(18(19,20)21)6-7-13(10)15-14-11(2)23-24(5)16(14)22-9-17(3,4)25-15/h6-8,15,22H,9H2,1-5H3. The second-order valence-electron chi connectivity index (χ2n) is 7.15. The van der Waals surface area contributed by atoms with Crippen LogP contribution in [-0.4, -0.2) is 21.1 Å². The van der Waals surface area contributed by atoms with Crippen LogP contribution in [0, 0.1) is 13.8 Å². The molecule has 0 radical (unpaired) electrons. The van der Waals surface area contributed by atoms with E-state index in [9.17, 15) is 13.2 Å². The molecule has 0 spiro atoms. The normalized spacial score (nSPS) is 19.9. The van der Waals surface area contributed by atoms with Gasteiger partial charge >= 0.3 is 6.18 Å². The van der Waals surface area contributed by atoms with Crippen LogP contribution in [0.25, 0.3) is 0 Å². The number of fused-ring (bicyclic) bond motifs is 1. The van der Waals surface area contributed by atoms with Gasteiger partial charge in [-0.05, 0) is 51.0 Å². The van der Waals surface area contributed by atoms with Crippen LogP contribution in [-0.2, 0) is 13.2 Å². The first-order chi connectivity index (χ1) is 11.5. The van der Waals surface area contributed by atoms with Gasteiger partial charge in [-0.15, -0.1) is 11.8 Å². The fourth-order valence-corrected chi connectivity index (χ4v) is 4.86. The minimum absolute atomic E-state index is 0.0593. The van der Waals surface area contributed by atoms with Gasteiger partial charge < -0.3 is 5.32 Å². The highest BCUT2D eigenvalue weighted by Gasteiger charge is 2.36. The highest BCUT2D eigenvalue weighted by molar-refractivity contribution is 8.01. The van der Waals surface area contributed by atoms with Gasteiger partial charge in [-0.2, -0.15) is 18.3 Å². The molecule has 3 nitrogen and oxygen atoms in total. The Balaban J connectivity index is 2.15. The largest absolute Gasteiger partial charge is 0.416 e. The molecular formula is C18H22F3N3S. The van der Waals surface area contributed by atoms with Crippen LogP contribution in [0.15, 0.2) is 18.2 Å². The fraction of sp³-hybridized carbons (Fsp3) is 0.500. The minimum Gasteiger partial charge on any atom is -0.369 e. The van der Waals surface area contributed by atoms with Crippen molar-refractivity contribution >= 4 is 17.6 Å². The van der Waals surface area contributed by atoms with E-state index >= 15 is 0 Å². The number of rotatable bonds is 1. The highest BCUT2D eigenvalue weighted by atomic mass is 32.2. The molecule has 1 atom stereocenters.